The largest absolute Gasteiger partial charge is 0.508 e. The molecule has 4 bridgehead atoms. The Hall–Kier alpha value is -2.60. The molecule has 36 heavy (non-hydrogen) atoms. The SMILES string of the molecule is C[C@H]1CC23CCC(N(C)C(=O)c4ccc(=O)[nH]c4)C1C21CCN(CC2CC2)C3Cc2ccc(O)cc21. The summed E-state index contributed by atoms with van der Waals surface area (Å²) in [7, 11) is 1.96. The van der Waals surface area contributed by atoms with E-state index in [1.54, 1.807) is 12.3 Å². The van der Waals surface area contributed by atoms with Gasteiger partial charge in [-0.2, -0.15) is 0 Å². The first-order chi connectivity index (χ1) is 17.3. The van der Waals surface area contributed by atoms with Gasteiger partial charge in [-0.05, 0) is 104 Å². The van der Waals surface area contributed by atoms with E-state index >= 15 is 0 Å². The van der Waals surface area contributed by atoms with Crippen LogP contribution >= 0.6 is 0 Å². The number of phenolic OH excluding ortho intramolecular Hbond substituents is 1. The number of carbonyl (C=O) groups excluding carboxylic acids is 1. The number of phenols is 1. The number of hydrogen-bond acceptors (Lipinski definition) is 4. The first-order valence-electron chi connectivity index (χ1n) is 13.9. The lowest BCUT2D eigenvalue weighted by Crippen LogP contribution is -2.70. The fraction of sp³-hybridized carbons (Fsp3) is 0.600. The van der Waals surface area contributed by atoms with Crippen LogP contribution in [0.3, 0.4) is 0 Å². The Balaban J connectivity index is 1.33. The van der Waals surface area contributed by atoms with Crippen molar-refractivity contribution in [2.24, 2.45) is 23.2 Å². The zero-order valence-electron chi connectivity index (χ0n) is 21.4. The predicted octanol–water partition coefficient (Wildman–Crippen LogP) is 3.94. The lowest BCUT2D eigenvalue weighted by atomic mass is 9.43. The van der Waals surface area contributed by atoms with Crippen LogP contribution in [0.5, 0.6) is 5.75 Å². The molecule has 0 radical (unpaired) electrons. The normalized spacial score (nSPS) is 36.7. The number of fused-ring (bicyclic) bond motifs is 1. The summed E-state index contributed by atoms with van der Waals surface area (Å²) in [6.45, 7) is 4.77. The van der Waals surface area contributed by atoms with Crippen LogP contribution in [0.25, 0.3) is 0 Å². The summed E-state index contributed by atoms with van der Waals surface area (Å²) in [5, 5.41) is 10.6. The summed E-state index contributed by atoms with van der Waals surface area (Å²) in [6, 6.07) is 9.89. The Bertz CT molecular complexity index is 1260. The van der Waals surface area contributed by atoms with Crippen LogP contribution in [0.2, 0.25) is 0 Å². The second kappa shape index (κ2) is 7.70. The van der Waals surface area contributed by atoms with Gasteiger partial charge in [0.2, 0.25) is 5.56 Å². The van der Waals surface area contributed by atoms with Crippen molar-refractivity contribution in [3.8, 4) is 5.75 Å². The van der Waals surface area contributed by atoms with Crippen molar-refractivity contribution in [2.45, 2.75) is 69.4 Å². The molecule has 1 amide bonds. The van der Waals surface area contributed by atoms with E-state index in [2.05, 4.69) is 28.9 Å². The maximum Gasteiger partial charge on any atom is 0.255 e. The number of benzene rings is 1. The molecule has 1 aliphatic heterocycles. The number of piperidine rings is 1. The number of carbonyl (C=O) groups is 1. The van der Waals surface area contributed by atoms with Crippen LogP contribution in [0.15, 0.2) is 41.3 Å². The van der Waals surface area contributed by atoms with E-state index in [4.69, 9.17) is 0 Å². The van der Waals surface area contributed by atoms with Gasteiger partial charge in [-0.1, -0.05) is 13.0 Å². The number of rotatable bonds is 4. The number of amides is 1. The molecule has 2 heterocycles. The number of pyridine rings is 1. The summed E-state index contributed by atoms with van der Waals surface area (Å²) in [5.74, 6) is 2.08. The average Bonchev–Trinajstić information content (AvgIpc) is 3.66. The molecule has 190 valence electrons. The topological polar surface area (TPSA) is 76.6 Å². The van der Waals surface area contributed by atoms with Gasteiger partial charge in [0.1, 0.15) is 5.75 Å². The van der Waals surface area contributed by atoms with Crippen molar-refractivity contribution >= 4 is 5.91 Å². The molecule has 5 aliphatic rings. The molecule has 2 aromatic rings. The third-order valence-corrected chi connectivity index (χ3v) is 11.0. The maximum absolute atomic E-state index is 13.6. The highest BCUT2D eigenvalue weighted by atomic mass is 16.3. The van der Waals surface area contributed by atoms with Crippen LogP contribution < -0.4 is 5.56 Å². The van der Waals surface area contributed by atoms with E-state index in [-0.39, 0.29) is 28.3 Å². The molecule has 1 aromatic heterocycles. The zero-order valence-corrected chi connectivity index (χ0v) is 21.4. The molecule has 4 fully saturated rings. The van der Waals surface area contributed by atoms with Crippen LogP contribution in [0.1, 0.15) is 66.9 Å². The second-order valence-electron chi connectivity index (χ2n) is 12.5. The standard InChI is InChI=1S/C30H37N3O3/c1-18-15-29-10-9-24(32(2)28(36)21-6-8-26(35)31-16-21)27(18)30(29)11-12-33(17-19-3-4-19)25(29)13-20-5-7-22(34)14-23(20)30/h5-8,14,16,18-19,24-25,27,34H,3-4,9-13,15,17H2,1-2H3,(H,31,35)/t18-,24?,25?,27?,29?,30?/m0/s1. The minimum atomic E-state index is -0.192. The van der Waals surface area contributed by atoms with E-state index in [0.29, 0.717) is 29.2 Å². The second-order valence-corrected chi connectivity index (χ2v) is 12.5. The minimum absolute atomic E-state index is 0.00802. The molecule has 6 heteroatoms. The third kappa shape index (κ3) is 2.94. The van der Waals surface area contributed by atoms with Gasteiger partial charge in [-0.3, -0.25) is 14.5 Å². The van der Waals surface area contributed by atoms with Gasteiger partial charge in [0.25, 0.3) is 5.91 Å². The van der Waals surface area contributed by atoms with Crippen molar-refractivity contribution < 1.29 is 9.90 Å². The molecule has 4 aliphatic carbocycles. The van der Waals surface area contributed by atoms with Crippen molar-refractivity contribution in [1.82, 2.24) is 14.8 Å². The van der Waals surface area contributed by atoms with Crippen LogP contribution in [-0.4, -0.2) is 58.0 Å². The highest BCUT2D eigenvalue weighted by Crippen LogP contribution is 2.74. The molecule has 5 unspecified atom stereocenters. The number of nitrogens with one attached hydrogen (secondary N) is 1. The number of H-pyrrole nitrogens is 1. The number of aromatic hydroxyl groups is 1. The van der Waals surface area contributed by atoms with Gasteiger partial charge in [0.05, 0.1) is 5.56 Å². The number of aromatic nitrogens is 1. The van der Waals surface area contributed by atoms with Gasteiger partial charge in [0.15, 0.2) is 0 Å². The van der Waals surface area contributed by atoms with E-state index in [1.165, 1.54) is 43.0 Å². The molecule has 6 atom stereocenters. The molecule has 2 N–H and O–H groups in total. The predicted molar refractivity (Wildman–Crippen MR) is 138 cm³/mol. The maximum atomic E-state index is 13.6. The summed E-state index contributed by atoms with van der Waals surface area (Å²) in [6.07, 6.45) is 9.85. The lowest BCUT2D eigenvalue weighted by molar-refractivity contribution is -0.105. The summed E-state index contributed by atoms with van der Waals surface area (Å²) in [4.78, 5) is 32.7. The zero-order chi connectivity index (χ0) is 24.8. The fourth-order valence-corrected chi connectivity index (χ4v) is 9.62. The van der Waals surface area contributed by atoms with Crippen molar-refractivity contribution in [3.63, 3.8) is 0 Å². The van der Waals surface area contributed by atoms with Gasteiger partial charge < -0.3 is 15.0 Å². The van der Waals surface area contributed by atoms with Crippen LogP contribution in [0, 0.1) is 23.2 Å². The number of hydrogen-bond donors (Lipinski definition) is 2. The monoisotopic (exact) mass is 487 g/mol. The van der Waals surface area contributed by atoms with E-state index < -0.39 is 0 Å². The average molecular weight is 488 g/mol. The van der Waals surface area contributed by atoms with Crippen molar-refractivity contribution in [2.75, 3.05) is 20.1 Å². The molecule has 3 saturated carbocycles. The molecule has 1 aromatic carbocycles. The van der Waals surface area contributed by atoms with Crippen molar-refractivity contribution in [1.29, 1.82) is 0 Å². The Morgan fingerprint density at radius 2 is 2.03 bits per heavy atom. The molecular formula is C30H37N3O3. The third-order valence-electron chi connectivity index (χ3n) is 11.0. The number of aromatic amines is 1. The van der Waals surface area contributed by atoms with Crippen LogP contribution in [0.4, 0.5) is 0 Å². The molecule has 1 saturated heterocycles. The summed E-state index contributed by atoms with van der Waals surface area (Å²) in [5.41, 5.74) is 3.32. The number of nitrogens with zero attached hydrogens (tertiary/aromatic N) is 2. The lowest BCUT2D eigenvalue weighted by Gasteiger charge is -2.67. The smallest absolute Gasteiger partial charge is 0.255 e. The van der Waals surface area contributed by atoms with Crippen molar-refractivity contribution in [3.05, 3.63) is 63.6 Å². The van der Waals surface area contributed by atoms with Gasteiger partial charge in [0, 0.05) is 43.4 Å². The molecular weight excluding hydrogens is 450 g/mol. The highest BCUT2D eigenvalue weighted by molar-refractivity contribution is 5.94. The fourth-order valence-electron chi connectivity index (χ4n) is 9.62. The summed E-state index contributed by atoms with van der Waals surface area (Å²) < 4.78 is 0. The van der Waals surface area contributed by atoms with Gasteiger partial charge in [-0.15, -0.1) is 0 Å². The first-order valence-corrected chi connectivity index (χ1v) is 13.9. The van der Waals surface area contributed by atoms with E-state index in [9.17, 15) is 14.7 Å². The Morgan fingerprint density at radius 3 is 2.78 bits per heavy atom. The number of likely N-dealkylation sites (tertiary alicyclic amines) is 1. The minimum Gasteiger partial charge on any atom is -0.508 e. The molecule has 0 spiro atoms. The van der Waals surface area contributed by atoms with E-state index in [1.807, 2.05) is 18.0 Å². The molecule has 6 nitrogen and oxygen atoms in total. The quantitative estimate of drug-likeness (QED) is 0.685. The highest BCUT2D eigenvalue weighted by Gasteiger charge is 2.73. The Morgan fingerprint density at radius 1 is 1.19 bits per heavy atom. The van der Waals surface area contributed by atoms with Gasteiger partial charge >= 0.3 is 0 Å². The van der Waals surface area contributed by atoms with Gasteiger partial charge in [-0.25, -0.2) is 0 Å². The molecule has 7 rings (SSSR count). The van der Waals surface area contributed by atoms with Crippen LogP contribution in [-0.2, 0) is 11.8 Å². The Kier molecular flexibility index (Phi) is 4.83. The Labute approximate surface area is 212 Å². The summed E-state index contributed by atoms with van der Waals surface area (Å²) >= 11 is 0. The van der Waals surface area contributed by atoms with E-state index in [0.717, 1.165) is 38.1 Å². The first kappa shape index (κ1) is 22.6.